The predicted molar refractivity (Wildman–Crippen MR) is 102 cm³/mol. The molecule has 1 unspecified atom stereocenters. The second-order valence-corrected chi connectivity index (χ2v) is 7.57. The molecule has 1 aromatic heterocycles. The molecule has 0 aliphatic heterocycles. The smallest absolute Gasteiger partial charge is 0.242 e. The maximum absolute atomic E-state index is 12.2. The average Bonchev–Trinajstić information content (AvgIpc) is 3.36. The lowest BCUT2D eigenvalue weighted by atomic mass is 10.2. The van der Waals surface area contributed by atoms with E-state index < -0.39 is 6.04 Å². The fourth-order valence-electron chi connectivity index (χ4n) is 3.08. The highest BCUT2D eigenvalue weighted by atomic mass is 32.2. The lowest BCUT2D eigenvalue weighted by Crippen LogP contribution is -2.45. The summed E-state index contributed by atoms with van der Waals surface area (Å²) in [4.78, 5) is 24.3. The Morgan fingerprint density at radius 1 is 1.26 bits per heavy atom. The molecule has 27 heavy (non-hydrogen) atoms. The van der Waals surface area contributed by atoms with Crippen molar-refractivity contribution in [1.29, 1.82) is 0 Å². The maximum atomic E-state index is 12.2. The van der Waals surface area contributed by atoms with Crippen molar-refractivity contribution in [1.82, 2.24) is 30.8 Å². The number of amides is 2. The first-order chi connectivity index (χ1) is 13.1. The SMILES string of the molecule is CC(NC(=O)CSc1nnnn1C1CCCC1)C(=O)NCc1ccccc1. The summed E-state index contributed by atoms with van der Waals surface area (Å²) in [6, 6.07) is 9.37. The lowest BCUT2D eigenvalue weighted by Gasteiger charge is -2.14. The van der Waals surface area contributed by atoms with Crippen LogP contribution in [-0.2, 0) is 16.1 Å². The molecule has 0 spiro atoms. The molecule has 1 heterocycles. The Balaban J connectivity index is 1.42. The highest BCUT2D eigenvalue weighted by Crippen LogP contribution is 2.31. The van der Waals surface area contributed by atoms with Crippen LogP contribution >= 0.6 is 11.8 Å². The molecular weight excluding hydrogens is 364 g/mol. The first-order valence-electron chi connectivity index (χ1n) is 9.15. The van der Waals surface area contributed by atoms with E-state index in [0.29, 0.717) is 17.7 Å². The third kappa shape index (κ3) is 5.53. The molecule has 1 aliphatic carbocycles. The molecule has 1 saturated carbocycles. The van der Waals surface area contributed by atoms with Crippen molar-refractivity contribution in [2.75, 3.05) is 5.75 Å². The Kier molecular flexibility index (Phi) is 6.80. The van der Waals surface area contributed by atoms with Gasteiger partial charge in [-0.05, 0) is 35.8 Å². The fraction of sp³-hybridized carbons (Fsp3) is 0.500. The summed E-state index contributed by atoms with van der Waals surface area (Å²) in [6.07, 6.45) is 4.52. The summed E-state index contributed by atoms with van der Waals surface area (Å²) >= 11 is 1.30. The Morgan fingerprint density at radius 3 is 2.74 bits per heavy atom. The molecule has 1 aliphatic rings. The number of hydrogen-bond acceptors (Lipinski definition) is 6. The van der Waals surface area contributed by atoms with E-state index in [1.165, 1.54) is 24.6 Å². The van der Waals surface area contributed by atoms with Crippen LogP contribution in [0, 0.1) is 0 Å². The van der Waals surface area contributed by atoms with Crippen LogP contribution in [0.4, 0.5) is 0 Å². The Labute approximate surface area is 162 Å². The van der Waals surface area contributed by atoms with Crippen LogP contribution in [-0.4, -0.2) is 43.8 Å². The van der Waals surface area contributed by atoms with Crippen molar-refractivity contribution < 1.29 is 9.59 Å². The van der Waals surface area contributed by atoms with Crippen LogP contribution in [0.2, 0.25) is 0 Å². The van der Waals surface area contributed by atoms with E-state index in [2.05, 4.69) is 26.2 Å². The molecule has 0 saturated heterocycles. The largest absolute Gasteiger partial charge is 0.350 e. The molecule has 2 aromatic rings. The monoisotopic (exact) mass is 388 g/mol. The Hall–Kier alpha value is -2.42. The van der Waals surface area contributed by atoms with Gasteiger partial charge in [0.25, 0.3) is 0 Å². The zero-order valence-corrected chi connectivity index (χ0v) is 16.1. The minimum Gasteiger partial charge on any atom is -0.350 e. The quantitative estimate of drug-likeness (QED) is 0.668. The van der Waals surface area contributed by atoms with Gasteiger partial charge in [-0.2, -0.15) is 0 Å². The average molecular weight is 388 g/mol. The minimum atomic E-state index is -0.604. The number of hydrogen-bond donors (Lipinski definition) is 2. The summed E-state index contributed by atoms with van der Waals surface area (Å²) in [5.74, 6) is -0.264. The van der Waals surface area contributed by atoms with E-state index in [1.807, 2.05) is 35.0 Å². The number of benzene rings is 1. The standard InChI is InChI=1S/C18H24N6O2S/c1-13(17(26)19-11-14-7-3-2-4-8-14)20-16(25)12-27-18-21-22-23-24(18)15-9-5-6-10-15/h2-4,7-8,13,15H,5-6,9-12H2,1H3,(H,19,26)(H,20,25). The molecule has 0 bridgehead atoms. The molecule has 1 atom stereocenters. The van der Waals surface area contributed by atoms with E-state index in [9.17, 15) is 9.59 Å². The number of carbonyl (C=O) groups excluding carboxylic acids is 2. The van der Waals surface area contributed by atoms with E-state index in [4.69, 9.17) is 0 Å². The summed E-state index contributed by atoms with van der Waals surface area (Å²) in [5, 5.41) is 18.0. The molecule has 144 valence electrons. The van der Waals surface area contributed by atoms with E-state index in [0.717, 1.165) is 18.4 Å². The van der Waals surface area contributed by atoms with Gasteiger partial charge in [-0.3, -0.25) is 9.59 Å². The second-order valence-electron chi connectivity index (χ2n) is 6.63. The first-order valence-corrected chi connectivity index (χ1v) is 10.1. The zero-order chi connectivity index (χ0) is 19.1. The fourth-order valence-corrected chi connectivity index (χ4v) is 3.83. The van der Waals surface area contributed by atoms with Gasteiger partial charge in [0.1, 0.15) is 6.04 Å². The van der Waals surface area contributed by atoms with Gasteiger partial charge in [0.2, 0.25) is 17.0 Å². The van der Waals surface area contributed by atoms with Gasteiger partial charge in [0.05, 0.1) is 11.8 Å². The highest BCUT2D eigenvalue weighted by Gasteiger charge is 2.22. The molecule has 3 rings (SSSR count). The number of nitrogens with one attached hydrogen (secondary N) is 2. The summed E-state index contributed by atoms with van der Waals surface area (Å²) in [6.45, 7) is 2.11. The Morgan fingerprint density at radius 2 is 2.00 bits per heavy atom. The van der Waals surface area contributed by atoms with Crippen molar-refractivity contribution in [3.63, 3.8) is 0 Å². The first kappa shape index (κ1) is 19.3. The minimum absolute atomic E-state index is 0.170. The van der Waals surface area contributed by atoms with Crippen molar-refractivity contribution in [2.45, 2.75) is 56.4 Å². The van der Waals surface area contributed by atoms with Gasteiger partial charge >= 0.3 is 0 Å². The van der Waals surface area contributed by atoms with Crippen LogP contribution < -0.4 is 10.6 Å². The van der Waals surface area contributed by atoms with Gasteiger partial charge in [-0.1, -0.05) is 54.9 Å². The molecule has 0 radical (unpaired) electrons. The summed E-state index contributed by atoms with van der Waals surface area (Å²) in [5.41, 5.74) is 1.01. The highest BCUT2D eigenvalue weighted by molar-refractivity contribution is 7.99. The van der Waals surface area contributed by atoms with Crippen LogP contribution in [0.5, 0.6) is 0 Å². The maximum Gasteiger partial charge on any atom is 0.242 e. The third-order valence-electron chi connectivity index (χ3n) is 4.55. The summed E-state index contributed by atoms with van der Waals surface area (Å²) in [7, 11) is 0. The molecule has 2 amide bonds. The van der Waals surface area contributed by atoms with Gasteiger partial charge in [-0.25, -0.2) is 4.68 Å². The van der Waals surface area contributed by atoms with Crippen LogP contribution in [0.15, 0.2) is 35.5 Å². The van der Waals surface area contributed by atoms with E-state index in [1.54, 1.807) is 6.92 Å². The molecule has 9 heteroatoms. The number of nitrogens with zero attached hydrogens (tertiary/aromatic N) is 4. The van der Waals surface area contributed by atoms with Crippen molar-refractivity contribution in [3.05, 3.63) is 35.9 Å². The lowest BCUT2D eigenvalue weighted by molar-refractivity contribution is -0.127. The second kappa shape index (κ2) is 9.50. The number of rotatable bonds is 8. The third-order valence-corrected chi connectivity index (χ3v) is 5.48. The molecule has 8 nitrogen and oxygen atoms in total. The van der Waals surface area contributed by atoms with Gasteiger partial charge in [0.15, 0.2) is 0 Å². The predicted octanol–water partition coefficient (Wildman–Crippen LogP) is 1.70. The zero-order valence-electron chi connectivity index (χ0n) is 15.3. The van der Waals surface area contributed by atoms with Crippen molar-refractivity contribution in [2.24, 2.45) is 0 Å². The van der Waals surface area contributed by atoms with E-state index >= 15 is 0 Å². The van der Waals surface area contributed by atoms with Crippen LogP contribution in [0.25, 0.3) is 0 Å². The molecule has 2 N–H and O–H groups in total. The molecule has 1 fully saturated rings. The van der Waals surface area contributed by atoms with Crippen LogP contribution in [0.1, 0.15) is 44.2 Å². The van der Waals surface area contributed by atoms with Gasteiger partial charge in [-0.15, -0.1) is 5.10 Å². The number of aromatic nitrogens is 4. The number of tetrazole rings is 1. The Bertz CT molecular complexity index is 760. The van der Waals surface area contributed by atoms with Crippen LogP contribution in [0.3, 0.4) is 0 Å². The topological polar surface area (TPSA) is 102 Å². The van der Waals surface area contributed by atoms with Crippen molar-refractivity contribution >= 4 is 23.6 Å². The molecular formula is C18H24N6O2S. The van der Waals surface area contributed by atoms with E-state index in [-0.39, 0.29) is 17.6 Å². The number of thioether (sulfide) groups is 1. The number of carbonyl (C=O) groups is 2. The van der Waals surface area contributed by atoms with Gasteiger partial charge in [0, 0.05) is 6.54 Å². The summed E-state index contributed by atoms with van der Waals surface area (Å²) < 4.78 is 1.82. The van der Waals surface area contributed by atoms with Crippen molar-refractivity contribution in [3.8, 4) is 0 Å². The normalized spacial score (nSPS) is 15.4. The molecule has 1 aromatic carbocycles. The van der Waals surface area contributed by atoms with Gasteiger partial charge < -0.3 is 10.6 Å².